The van der Waals surface area contributed by atoms with E-state index in [1.165, 1.54) is 12.3 Å². The maximum Gasteiger partial charge on any atom is 0.573 e. The lowest BCUT2D eigenvalue weighted by molar-refractivity contribution is -0.274. The first-order valence-electron chi connectivity index (χ1n) is 9.40. The Hall–Kier alpha value is -2.87. The number of aryl methyl sites for hydroxylation is 1. The van der Waals surface area contributed by atoms with Gasteiger partial charge in [0.25, 0.3) is 0 Å². The summed E-state index contributed by atoms with van der Waals surface area (Å²) >= 11 is 0. The van der Waals surface area contributed by atoms with E-state index < -0.39 is 38.2 Å². The third-order valence-corrected chi connectivity index (χ3v) is 7.36. The van der Waals surface area contributed by atoms with Gasteiger partial charge in [0.05, 0.1) is 15.8 Å². The lowest BCUT2D eigenvalue weighted by atomic mass is 10.1. The van der Waals surface area contributed by atoms with Crippen molar-refractivity contribution in [2.24, 2.45) is 7.05 Å². The maximum absolute atomic E-state index is 12.9. The van der Waals surface area contributed by atoms with E-state index in [0.29, 0.717) is 5.56 Å². The molecule has 0 fully saturated rings. The van der Waals surface area contributed by atoms with Gasteiger partial charge in [-0.3, -0.25) is 0 Å². The van der Waals surface area contributed by atoms with Crippen LogP contribution in [0.25, 0.3) is 0 Å². The van der Waals surface area contributed by atoms with Crippen molar-refractivity contribution >= 4 is 20.0 Å². The lowest BCUT2D eigenvalue weighted by Gasteiger charge is -2.20. The summed E-state index contributed by atoms with van der Waals surface area (Å²) in [6.07, 6.45) is -1.96. The van der Waals surface area contributed by atoms with Crippen molar-refractivity contribution in [3.05, 3.63) is 78.6 Å². The van der Waals surface area contributed by atoms with Crippen molar-refractivity contribution < 1.29 is 34.7 Å². The minimum Gasteiger partial charge on any atom is -0.406 e. The molecule has 3 aromatic rings. The molecule has 178 valence electrons. The number of nitrogens with one attached hydrogen (secondary N) is 2. The number of alkyl halides is 3. The Bertz CT molecular complexity index is 1290. The van der Waals surface area contributed by atoms with Crippen molar-refractivity contribution in [1.29, 1.82) is 0 Å². The Labute approximate surface area is 189 Å². The predicted octanol–water partition coefficient (Wildman–Crippen LogP) is 2.92. The molecule has 0 saturated carbocycles. The third kappa shape index (κ3) is 6.81. The van der Waals surface area contributed by atoms with E-state index in [9.17, 15) is 30.0 Å². The minimum absolute atomic E-state index is 0.0138. The summed E-state index contributed by atoms with van der Waals surface area (Å²) in [5.41, 5.74) is 0.480. The van der Waals surface area contributed by atoms with E-state index in [1.807, 2.05) is 0 Å². The average Bonchev–Trinajstić information content (AvgIpc) is 3.18. The van der Waals surface area contributed by atoms with Crippen molar-refractivity contribution in [2.45, 2.75) is 22.2 Å². The summed E-state index contributed by atoms with van der Waals surface area (Å²) in [7, 11) is -6.48. The first kappa shape index (κ1) is 24.8. The molecular weight excluding hydrogens is 483 g/mol. The Morgan fingerprint density at radius 1 is 0.909 bits per heavy atom. The first-order chi connectivity index (χ1) is 15.4. The zero-order valence-corrected chi connectivity index (χ0v) is 18.8. The van der Waals surface area contributed by atoms with E-state index >= 15 is 0 Å². The molecule has 0 spiro atoms. The third-order valence-electron chi connectivity index (χ3n) is 4.46. The fourth-order valence-corrected chi connectivity index (χ4v) is 5.22. The van der Waals surface area contributed by atoms with Gasteiger partial charge in [0.15, 0.2) is 0 Å². The summed E-state index contributed by atoms with van der Waals surface area (Å²) in [4.78, 5) is -0.302. The van der Waals surface area contributed by atoms with Gasteiger partial charge in [0.1, 0.15) is 5.75 Å². The fraction of sp³-hybridized carbons (Fsp3) is 0.200. The molecule has 0 radical (unpaired) electrons. The molecule has 2 N–H and O–H groups in total. The van der Waals surface area contributed by atoms with E-state index in [0.717, 1.165) is 24.3 Å². The SMILES string of the molecule is Cn1ccc(S(=O)(=O)NC[C@H](NS(=O)(=O)c2ccc(OC(F)(F)F)cc2)c2ccccc2)c1. The van der Waals surface area contributed by atoms with Gasteiger partial charge >= 0.3 is 6.36 Å². The normalized spacial score (nSPS) is 13.6. The van der Waals surface area contributed by atoms with Gasteiger partial charge in [-0.15, -0.1) is 13.2 Å². The summed E-state index contributed by atoms with van der Waals surface area (Å²) in [5.74, 6) is -0.573. The van der Waals surface area contributed by atoms with Crippen molar-refractivity contribution in [1.82, 2.24) is 14.0 Å². The highest BCUT2D eigenvalue weighted by molar-refractivity contribution is 7.90. The highest BCUT2D eigenvalue weighted by atomic mass is 32.2. The monoisotopic (exact) mass is 503 g/mol. The van der Waals surface area contributed by atoms with Crippen molar-refractivity contribution in [3.8, 4) is 5.75 Å². The van der Waals surface area contributed by atoms with Crippen LogP contribution in [0.4, 0.5) is 13.2 Å². The van der Waals surface area contributed by atoms with Gasteiger partial charge in [-0.2, -0.15) is 0 Å². The quantitative estimate of drug-likeness (QED) is 0.467. The minimum atomic E-state index is -4.91. The molecule has 2 aromatic carbocycles. The Kier molecular flexibility index (Phi) is 7.17. The van der Waals surface area contributed by atoms with Gasteiger partial charge in [0.2, 0.25) is 20.0 Å². The van der Waals surface area contributed by atoms with Crippen LogP contribution in [-0.2, 0) is 27.1 Å². The number of hydrogen-bond donors (Lipinski definition) is 2. The molecule has 0 unspecified atom stereocenters. The molecule has 8 nitrogen and oxygen atoms in total. The summed E-state index contributed by atoms with van der Waals surface area (Å²) < 4.78 is 97.9. The molecule has 13 heteroatoms. The maximum atomic E-state index is 12.9. The molecule has 1 heterocycles. The molecular formula is C20H20F3N3O5S2. The fourth-order valence-electron chi connectivity index (χ4n) is 2.90. The molecule has 1 atom stereocenters. The predicted molar refractivity (Wildman–Crippen MR) is 113 cm³/mol. The van der Waals surface area contributed by atoms with Crippen LogP contribution in [0.15, 0.2) is 82.8 Å². The van der Waals surface area contributed by atoms with E-state index in [2.05, 4.69) is 14.2 Å². The van der Waals surface area contributed by atoms with Crippen LogP contribution < -0.4 is 14.2 Å². The van der Waals surface area contributed by atoms with Gasteiger partial charge in [0, 0.05) is 26.0 Å². The van der Waals surface area contributed by atoms with Crippen LogP contribution in [0.5, 0.6) is 5.75 Å². The number of sulfonamides is 2. The molecule has 0 aliphatic heterocycles. The van der Waals surface area contributed by atoms with Crippen LogP contribution in [0, 0.1) is 0 Å². The number of halogens is 3. The van der Waals surface area contributed by atoms with Crippen LogP contribution >= 0.6 is 0 Å². The Balaban J connectivity index is 1.81. The topological polar surface area (TPSA) is 107 Å². The van der Waals surface area contributed by atoms with Crippen LogP contribution in [0.3, 0.4) is 0 Å². The Morgan fingerprint density at radius 3 is 2.09 bits per heavy atom. The highest BCUT2D eigenvalue weighted by Gasteiger charge is 2.31. The van der Waals surface area contributed by atoms with Gasteiger partial charge in [-0.1, -0.05) is 30.3 Å². The zero-order chi connectivity index (χ0) is 24.3. The van der Waals surface area contributed by atoms with Crippen LogP contribution in [0.1, 0.15) is 11.6 Å². The summed E-state index contributed by atoms with van der Waals surface area (Å²) in [6, 6.07) is 12.3. The smallest absolute Gasteiger partial charge is 0.406 e. The number of nitrogens with zero attached hydrogens (tertiary/aromatic N) is 1. The van der Waals surface area contributed by atoms with E-state index in [1.54, 1.807) is 48.1 Å². The van der Waals surface area contributed by atoms with Crippen molar-refractivity contribution in [2.75, 3.05) is 6.54 Å². The van der Waals surface area contributed by atoms with Gasteiger partial charge < -0.3 is 9.30 Å². The summed E-state index contributed by atoms with van der Waals surface area (Å²) in [6.45, 7) is -0.310. The molecule has 1 aromatic heterocycles. The van der Waals surface area contributed by atoms with E-state index in [-0.39, 0.29) is 16.3 Å². The highest BCUT2D eigenvalue weighted by Crippen LogP contribution is 2.25. The standard InChI is InChI=1S/C20H20F3N3O5S2/c1-26-12-11-18(14-26)32(27,28)24-13-19(15-5-3-2-4-6-15)25-33(29,30)17-9-7-16(8-10-17)31-20(21,22)23/h2-12,14,19,24-25H,13H2,1H3/t19-/m0/s1. The molecule has 0 bridgehead atoms. The number of aromatic nitrogens is 1. The lowest BCUT2D eigenvalue weighted by Crippen LogP contribution is -2.37. The average molecular weight is 504 g/mol. The van der Waals surface area contributed by atoms with E-state index in [4.69, 9.17) is 0 Å². The molecule has 0 saturated heterocycles. The Morgan fingerprint density at radius 2 is 1.55 bits per heavy atom. The molecule has 33 heavy (non-hydrogen) atoms. The summed E-state index contributed by atoms with van der Waals surface area (Å²) in [5, 5.41) is 0. The van der Waals surface area contributed by atoms with Crippen molar-refractivity contribution in [3.63, 3.8) is 0 Å². The largest absolute Gasteiger partial charge is 0.573 e. The van der Waals surface area contributed by atoms with Gasteiger partial charge in [-0.25, -0.2) is 26.3 Å². The number of ether oxygens (including phenoxy) is 1. The zero-order valence-electron chi connectivity index (χ0n) is 17.2. The second-order valence-corrected chi connectivity index (χ2v) is 10.4. The second-order valence-electron chi connectivity index (χ2n) is 6.97. The molecule has 0 amide bonds. The molecule has 3 rings (SSSR count). The number of benzene rings is 2. The number of rotatable bonds is 9. The second kappa shape index (κ2) is 9.55. The van der Waals surface area contributed by atoms with Gasteiger partial charge in [-0.05, 0) is 35.9 Å². The number of hydrogen-bond acceptors (Lipinski definition) is 5. The van der Waals surface area contributed by atoms with Crippen LogP contribution in [0.2, 0.25) is 0 Å². The first-order valence-corrected chi connectivity index (χ1v) is 12.4. The molecule has 0 aliphatic carbocycles. The van der Waals surface area contributed by atoms with Crippen LogP contribution in [-0.4, -0.2) is 34.3 Å². The molecule has 0 aliphatic rings.